The Morgan fingerprint density at radius 1 is 1.00 bits per heavy atom. The Morgan fingerprint density at radius 2 is 1.61 bits per heavy atom. The highest BCUT2D eigenvalue weighted by molar-refractivity contribution is 6.30. The van der Waals surface area contributed by atoms with E-state index in [4.69, 9.17) is 23.2 Å². The summed E-state index contributed by atoms with van der Waals surface area (Å²) in [5, 5.41) is 4.33. The van der Waals surface area contributed by atoms with Crippen molar-refractivity contribution >= 4 is 29.1 Å². The van der Waals surface area contributed by atoms with Crippen LogP contribution in [-0.2, 0) is 11.3 Å². The molecule has 0 aromatic heterocycles. The number of rotatable bonds is 4. The van der Waals surface area contributed by atoms with E-state index >= 15 is 0 Å². The first-order chi connectivity index (χ1) is 11.1. The van der Waals surface area contributed by atoms with Gasteiger partial charge in [0.2, 0.25) is 5.91 Å². The molecule has 3 N–H and O–H groups in total. The van der Waals surface area contributed by atoms with Crippen molar-refractivity contribution in [1.82, 2.24) is 16.2 Å². The molecule has 0 radical (unpaired) electrons. The largest absolute Gasteiger partial charge is 0.351 e. The summed E-state index contributed by atoms with van der Waals surface area (Å²) in [6, 6.07) is 14.9. The maximum Gasteiger partial charge on any atom is 0.238 e. The zero-order valence-electron chi connectivity index (χ0n) is 12.4. The van der Waals surface area contributed by atoms with Gasteiger partial charge in [0.25, 0.3) is 0 Å². The molecular formula is C17H17Cl2N3O. The van der Waals surface area contributed by atoms with Gasteiger partial charge in [0.1, 0.15) is 6.04 Å². The molecule has 23 heavy (non-hydrogen) atoms. The maximum atomic E-state index is 12.3. The lowest BCUT2D eigenvalue weighted by atomic mass is 10.0. The topological polar surface area (TPSA) is 53.2 Å². The van der Waals surface area contributed by atoms with E-state index < -0.39 is 0 Å². The molecule has 0 spiro atoms. The molecule has 0 bridgehead atoms. The molecule has 3 rings (SSSR count). The molecular weight excluding hydrogens is 333 g/mol. The fourth-order valence-corrected chi connectivity index (χ4v) is 2.81. The number of carbonyl (C=O) groups excluding carboxylic acids is 1. The third kappa shape index (κ3) is 4.24. The third-order valence-corrected chi connectivity index (χ3v) is 4.38. The van der Waals surface area contributed by atoms with Crippen LogP contribution in [0.3, 0.4) is 0 Å². The number of benzene rings is 2. The van der Waals surface area contributed by atoms with E-state index in [2.05, 4.69) is 16.2 Å². The third-order valence-electron chi connectivity index (χ3n) is 3.87. The number of halogens is 2. The van der Waals surface area contributed by atoms with Gasteiger partial charge in [-0.05, 0) is 41.8 Å². The van der Waals surface area contributed by atoms with Crippen molar-refractivity contribution in [1.29, 1.82) is 0 Å². The van der Waals surface area contributed by atoms with Crippen molar-refractivity contribution in [2.45, 2.75) is 25.0 Å². The van der Waals surface area contributed by atoms with Crippen LogP contribution in [0.1, 0.15) is 23.6 Å². The minimum atomic E-state index is -0.261. The lowest BCUT2D eigenvalue weighted by molar-refractivity contribution is -0.123. The van der Waals surface area contributed by atoms with Gasteiger partial charge in [-0.2, -0.15) is 0 Å². The second-order valence-electron chi connectivity index (χ2n) is 5.53. The number of nitrogens with one attached hydrogen (secondary N) is 3. The second-order valence-corrected chi connectivity index (χ2v) is 6.40. The number of amides is 1. The predicted molar refractivity (Wildman–Crippen MR) is 92.2 cm³/mol. The lowest BCUT2D eigenvalue weighted by Crippen LogP contribution is -2.42. The van der Waals surface area contributed by atoms with Gasteiger partial charge in [0, 0.05) is 22.6 Å². The summed E-state index contributed by atoms with van der Waals surface area (Å²) in [7, 11) is 0. The Labute approximate surface area is 145 Å². The van der Waals surface area contributed by atoms with Gasteiger partial charge in [0.15, 0.2) is 0 Å². The van der Waals surface area contributed by atoms with Gasteiger partial charge in [0.05, 0.1) is 0 Å². The summed E-state index contributed by atoms with van der Waals surface area (Å²) in [5.41, 5.74) is 8.33. The zero-order chi connectivity index (χ0) is 16.2. The molecule has 2 aromatic rings. The van der Waals surface area contributed by atoms with E-state index in [1.54, 1.807) is 0 Å². The van der Waals surface area contributed by atoms with Crippen LogP contribution in [0.25, 0.3) is 0 Å². The van der Waals surface area contributed by atoms with Crippen LogP contribution in [0.5, 0.6) is 0 Å². The van der Waals surface area contributed by atoms with Crippen LogP contribution in [0.2, 0.25) is 10.0 Å². The van der Waals surface area contributed by atoms with Crippen molar-refractivity contribution in [2.24, 2.45) is 0 Å². The molecule has 120 valence electrons. The van der Waals surface area contributed by atoms with Gasteiger partial charge in [-0.15, -0.1) is 0 Å². The van der Waals surface area contributed by atoms with E-state index in [1.165, 1.54) is 0 Å². The van der Waals surface area contributed by atoms with E-state index in [0.717, 1.165) is 11.1 Å². The SMILES string of the molecule is O=C(NCc1ccc(Cl)cc1)C1CC(c2ccc(Cl)cc2)NN1. The van der Waals surface area contributed by atoms with Crippen molar-refractivity contribution < 1.29 is 4.79 Å². The highest BCUT2D eigenvalue weighted by Crippen LogP contribution is 2.23. The molecule has 1 aliphatic rings. The summed E-state index contributed by atoms with van der Waals surface area (Å²) in [5.74, 6) is -0.0242. The monoisotopic (exact) mass is 349 g/mol. The summed E-state index contributed by atoms with van der Waals surface area (Å²) < 4.78 is 0. The van der Waals surface area contributed by atoms with E-state index in [1.807, 2.05) is 48.5 Å². The molecule has 1 saturated heterocycles. The van der Waals surface area contributed by atoms with Crippen LogP contribution in [0, 0.1) is 0 Å². The molecule has 1 heterocycles. The molecule has 0 aliphatic carbocycles. The molecule has 1 fully saturated rings. The first-order valence-corrected chi connectivity index (χ1v) is 8.16. The number of hydrogen-bond donors (Lipinski definition) is 3. The average molecular weight is 350 g/mol. The summed E-state index contributed by atoms with van der Waals surface area (Å²) >= 11 is 11.7. The zero-order valence-corrected chi connectivity index (χ0v) is 13.9. The minimum absolute atomic E-state index is 0.0242. The number of carbonyl (C=O) groups is 1. The second kappa shape index (κ2) is 7.32. The molecule has 2 unspecified atom stereocenters. The molecule has 4 nitrogen and oxygen atoms in total. The molecule has 6 heteroatoms. The van der Waals surface area contributed by atoms with E-state index in [-0.39, 0.29) is 18.0 Å². The molecule has 0 saturated carbocycles. The van der Waals surface area contributed by atoms with Crippen molar-refractivity contribution in [3.8, 4) is 0 Å². The maximum absolute atomic E-state index is 12.3. The fourth-order valence-electron chi connectivity index (χ4n) is 2.56. The summed E-state index contributed by atoms with van der Waals surface area (Å²) in [6.07, 6.45) is 0.689. The Balaban J connectivity index is 1.53. The van der Waals surface area contributed by atoms with Crippen LogP contribution in [0.4, 0.5) is 0 Å². The van der Waals surface area contributed by atoms with Crippen molar-refractivity contribution in [3.63, 3.8) is 0 Å². The van der Waals surface area contributed by atoms with Crippen molar-refractivity contribution in [3.05, 3.63) is 69.7 Å². The minimum Gasteiger partial charge on any atom is -0.351 e. The average Bonchev–Trinajstić information content (AvgIpc) is 3.05. The van der Waals surface area contributed by atoms with Gasteiger partial charge in [-0.3, -0.25) is 4.79 Å². The lowest BCUT2D eigenvalue weighted by Gasteiger charge is -2.11. The van der Waals surface area contributed by atoms with Crippen molar-refractivity contribution in [2.75, 3.05) is 0 Å². The summed E-state index contributed by atoms with van der Waals surface area (Å²) in [6.45, 7) is 0.486. The number of hydrogen-bond acceptors (Lipinski definition) is 3. The van der Waals surface area contributed by atoms with Crippen LogP contribution < -0.4 is 16.2 Å². The smallest absolute Gasteiger partial charge is 0.238 e. The van der Waals surface area contributed by atoms with Crippen LogP contribution in [0.15, 0.2) is 48.5 Å². The van der Waals surface area contributed by atoms with Crippen LogP contribution in [-0.4, -0.2) is 11.9 Å². The standard InChI is InChI=1S/C17H17Cl2N3O/c18-13-5-1-11(2-6-13)10-20-17(23)16-9-15(21-22-16)12-3-7-14(19)8-4-12/h1-8,15-16,21-22H,9-10H2,(H,20,23). The Morgan fingerprint density at radius 3 is 2.26 bits per heavy atom. The van der Waals surface area contributed by atoms with E-state index in [9.17, 15) is 4.79 Å². The van der Waals surface area contributed by atoms with Gasteiger partial charge >= 0.3 is 0 Å². The van der Waals surface area contributed by atoms with Crippen LogP contribution >= 0.6 is 23.2 Å². The Hall–Kier alpha value is -1.59. The molecule has 2 aromatic carbocycles. The summed E-state index contributed by atoms with van der Waals surface area (Å²) in [4.78, 5) is 12.3. The first-order valence-electron chi connectivity index (χ1n) is 7.40. The normalized spacial score (nSPS) is 20.4. The molecule has 1 aliphatic heterocycles. The molecule has 1 amide bonds. The molecule has 2 atom stereocenters. The first kappa shape index (κ1) is 16.3. The fraction of sp³-hybridized carbons (Fsp3) is 0.235. The van der Waals surface area contributed by atoms with E-state index in [0.29, 0.717) is 23.0 Å². The Bertz CT molecular complexity index is 673. The highest BCUT2D eigenvalue weighted by atomic mass is 35.5. The quantitative estimate of drug-likeness (QED) is 0.794. The van der Waals surface area contributed by atoms with Gasteiger partial charge in [-0.25, -0.2) is 10.9 Å². The predicted octanol–water partition coefficient (Wildman–Crippen LogP) is 3.22. The van der Waals surface area contributed by atoms with Gasteiger partial charge in [-0.1, -0.05) is 47.5 Å². The highest BCUT2D eigenvalue weighted by Gasteiger charge is 2.29. The Kier molecular flexibility index (Phi) is 5.18. The number of hydrazine groups is 1. The van der Waals surface area contributed by atoms with Gasteiger partial charge < -0.3 is 5.32 Å².